The normalized spacial score (nSPS) is 11.6. The maximum absolute atomic E-state index is 11.6. The fourth-order valence-electron chi connectivity index (χ4n) is 1.44. The van der Waals surface area contributed by atoms with E-state index in [0.717, 1.165) is 10.4 Å². The van der Waals surface area contributed by atoms with E-state index in [1.54, 1.807) is 30.4 Å². The molecule has 84 valence electrons. The van der Waals surface area contributed by atoms with Gasteiger partial charge in [-0.1, -0.05) is 25.1 Å². The Morgan fingerprint density at radius 1 is 1.12 bits per heavy atom. The fourth-order valence-corrected chi connectivity index (χ4v) is 3.05. The van der Waals surface area contributed by atoms with Crippen LogP contribution < -0.4 is 0 Å². The van der Waals surface area contributed by atoms with Gasteiger partial charge in [-0.05, 0) is 29.1 Å². The maximum atomic E-state index is 11.6. The third kappa shape index (κ3) is 2.18. The van der Waals surface area contributed by atoms with Crippen molar-refractivity contribution in [1.82, 2.24) is 0 Å². The van der Waals surface area contributed by atoms with Gasteiger partial charge in [0.05, 0.1) is 10.6 Å². The molecule has 0 amide bonds. The molecule has 0 spiro atoms. The lowest BCUT2D eigenvalue weighted by Gasteiger charge is -2.02. The number of hydrogen-bond acceptors (Lipinski definition) is 3. The summed E-state index contributed by atoms with van der Waals surface area (Å²) >= 11 is 1.65. The second-order valence-electron chi connectivity index (χ2n) is 3.41. The first-order valence-corrected chi connectivity index (χ1v) is 7.53. The predicted molar refractivity (Wildman–Crippen MR) is 67.5 cm³/mol. The topological polar surface area (TPSA) is 34.1 Å². The maximum Gasteiger partial charge on any atom is 0.178 e. The quantitative estimate of drug-likeness (QED) is 0.840. The van der Waals surface area contributed by atoms with E-state index in [9.17, 15) is 8.42 Å². The van der Waals surface area contributed by atoms with Crippen LogP contribution in [-0.2, 0) is 9.84 Å². The van der Waals surface area contributed by atoms with E-state index in [0.29, 0.717) is 4.90 Å². The first kappa shape index (κ1) is 11.4. The third-order valence-corrected chi connectivity index (χ3v) is 5.07. The molecule has 0 aliphatic rings. The van der Waals surface area contributed by atoms with E-state index < -0.39 is 9.84 Å². The minimum absolute atomic E-state index is 0.144. The van der Waals surface area contributed by atoms with Crippen LogP contribution in [0.2, 0.25) is 0 Å². The van der Waals surface area contributed by atoms with E-state index in [1.165, 1.54) is 0 Å². The molecule has 16 heavy (non-hydrogen) atoms. The van der Waals surface area contributed by atoms with Gasteiger partial charge in [0.15, 0.2) is 9.84 Å². The highest BCUT2D eigenvalue weighted by molar-refractivity contribution is 7.91. The summed E-state index contributed by atoms with van der Waals surface area (Å²) in [5, 5.41) is 2.01. The lowest BCUT2D eigenvalue weighted by Crippen LogP contribution is -2.02. The van der Waals surface area contributed by atoms with Gasteiger partial charge in [0, 0.05) is 4.88 Å². The Morgan fingerprint density at radius 2 is 1.81 bits per heavy atom. The van der Waals surface area contributed by atoms with Gasteiger partial charge in [0.2, 0.25) is 0 Å². The molecule has 0 unspecified atom stereocenters. The predicted octanol–water partition coefficient (Wildman–Crippen LogP) is 3.21. The van der Waals surface area contributed by atoms with Gasteiger partial charge >= 0.3 is 0 Å². The van der Waals surface area contributed by atoms with Crippen molar-refractivity contribution in [1.29, 1.82) is 0 Å². The summed E-state index contributed by atoms with van der Waals surface area (Å²) in [5.41, 5.74) is 1.06. The molecule has 1 aromatic carbocycles. The molecule has 1 aromatic heterocycles. The molecule has 0 saturated carbocycles. The Hall–Kier alpha value is -1.13. The average molecular weight is 252 g/mol. The molecule has 2 aromatic rings. The van der Waals surface area contributed by atoms with Crippen LogP contribution in [0, 0.1) is 0 Å². The van der Waals surface area contributed by atoms with Crippen LogP contribution in [0.3, 0.4) is 0 Å². The van der Waals surface area contributed by atoms with Crippen molar-refractivity contribution in [3.8, 4) is 10.4 Å². The second kappa shape index (κ2) is 4.39. The zero-order valence-corrected chi connectivity index (χ0v) is 10.5. The molecule has 0 saturated heterocycles. The highest BCUT2D eigenvalue weighted by Crippen LogP contribution is 2.25. The monoisotopic (exact) mass is 252 g/mol. The molecule has 0 fully saturated rings. The summed E-state index contributed by atoms with van der Waals surface area (Å²) in [6, 6.07) is 11.1. The van der Waals surface area contributed by atoms with Crippen LogP contribution in [0.1, 0.15) is 6.92 Å². The Labute approximate surface area is 99.5 Å². The molecule has 0 radical (unpaired) electrons. The van der Waals surface area contributed by atoms with Gasteiger partial charge in [-0.2, -0.15) is 0 Å². The Kier molecular flexibility index (Phi) is 3.12. The van der Waals surface area contributed by atoms with E-state index in [4.69, 9.17) is 0 Å². The van der Waals surface area contributed by atoms with E-state index in [-0.39, 0.29) is 5.75 Å². The number of thiophene rings is 1. The molecule has 2 rings (SSSR count). The molecular weight excluding hydrogens is 240 g/mol. The first-order chi connectivity index (χ1) is 7.63. The largest absolute Gasteiger partial charge is 0.224 e. The minimum atomic E-state index is -3.08. The van der Waals surface area contributed by atoms with E-state index >= 15 is 0 Å². The van der Waals surface area contributed by atoms with E-state index in [1.807, 2.05) is 29.6 Å². The Bertz CT molecular complexity index is 552. The summed E-state index contributed by atoms with van der Waals surface area (Å²) in [5.74, 6) is 0.144. The van der Waals surface area contributed by atoms with Crippen molar-refractivity contribution in [3.63, 3.8) is 0 Å². The van der Waals surface area contributed by atoms with Gasteiger partial charge in [0.1, 0.15) is 0 Å². The van der Waals surface area contributed by atoms with Crippen LogP contribution >= 0.6 is 11.3 Å². The molecule has 2 nitrogen and oxygen atoms in total. The highest BCUT2D eigenvalue weighted by atomic mass is 32.2. The van der Waals surface area contributed by atoms with Crippen molar-refractivity contribution in [2.75, 3.05) is 5.75 Å². The summed E-state index contributed by atoms with van der Waals surface area (Å²) in [4.78, 5) is 1.55. The van der Waals surface area contributed by atoms with Crippen molar-refractivity contribution in [2.45, 2.75) is 11.8 Å². The Morgan fingerprint density at radius 3 is 2.31 bits per heavy atom. The van der Waals surface area contributed by atoms with Crippen molar-refractivity contribution in [2.24, 2.45) is 0 Å². The number of hydrogen-bond donors (Lipinski definition) is 0. The molecule has 0 aliphatic heterocycles. The summed E-state index contributed by atoms with van der Waals surface area (Å²) < 4.78 is 23.2. The zero-order chi connectivity index (χ0) is 11.6. The molecule has 0 aliphatic carbocycles. The standard InChI is InChI=1S/C12H12O2S2/c1-2-16(13,14)11-7-5-10(6-8-11)12-4-3-9-15-12/h3-9H,2H2,1H3. The first-order valence-electron chi connectivity index (χ1n) is 5.00. The summed E-state index contributed by atoms with van der Waals surface area (Å²) in [7, 11) is -3.08. The Balaban J connectivity index is 2.38. The average Bonchev–Trinajstić information content (AvgIpc) is 2.83. The van der Waals surface area contributed by atoms with Crippen molar-refractivity contribution < 1.29 is 8.42 Å². The molecule has 4 heteroatoms. The van der Waals surface area contributed by atoms with Gasteiger partial charge in [-0.25, -0.2) is 8.42 Å². The molecule has 0 N–H and O–H groups in total. The number of benzene rings is 1. The second-order valence-corrected chi connectivity index (χ2v) is 6.63. The number of rotatable bonds is 3. The summed E-state index contributed by atoms with van der Waals surface area (Å²) in [6.07, 6.45) is 0. The van der Waals surface area contributed by atoms with Crippen LogP contribution in [0.25, 0.3) is 10.4 Å². The smallest absolute Gasteiger partial charge is 0.178 e. The summed E-state index contributed by atoms with van der Waals surface area (Å²) in [6.45, 7) is 1.66. The fraction of sp³-hybridized carbons (Fsp3) is 0.167. The number of sulfone groups is 1. The van der Waals surface area contributed by atoms with Crippen LogP contribution in [0.15, 0.2) is 46.7 Å². The van der Waals surface area contributed by atoms with Gasteiger partial charge in [-0.15, -0.1) is 11.3 Å². The highest BCUT2D eigenvalue weighted by Gasteiger charge is 2.10. The SMILES string of the molecule is CCS(=O)(=O)c1ccc(-c2cccs2)cc1. The van der Waals surface area contributed by atoms with Crippen LogP contribution in [-0.4, -0.2) is 14.2 Å². The minimum Gasteiger partial charge on any atom is -0.224 e. The van der Waals surface area contributed by atoms with Crippen molar-refractivity contribution in [3.05, 3.63) is 41.8 Å². The van der Waals surface area contributed by atoms with Gasteiger partial charge in [0.25, 0.3) is 0 Å². The third-order valence-electron chi connectivity index (χ3n) is 2.40. The van der Waals surface area contributed by atoms with Crippen molar-refractivity contribution >= 4 is 21.2 Å². The van der Waals surface area contributed by atoms with Gasteiger partial charge < -0.3 is 0 Å². The van der Waals surface area contributed by atoms with Crippen LogP contribution in [0.4, 0.5) is 0 Å². The molecule has 0 atom stereocenters. The molecular formula is C12H12O2S2. The molecule has 0 bridgehead atoms. The van der Waals surface area contributed by atoms with Crippen LogP contribution in [0.5, 0.6) is 0 Å². The lowest BCUT2D eigenvalue weighted by molar-refractivity contribution is 0.597. The zero-order valence-electron chi connectivity index (χ0n) is 8.88. The van der Waals surface area contributed by atoms with E-state index in [2.05, 4.69) is 0 Å². The van der Waals surface area contributed by atoms with Gasteiger partial charge in [-0.3, -0.25) is 0 Å². The lowest BCUT2D eigenvalue weighted by atomic mass is 10.2. The molecule has 1 heterocycles.